The van der Waals surface area contributed by atoms with Crippen LogP contribution in [0.2, 0.25) is 0 Å². The van der Waals surface area contributed by atoms with E-state index in [1.165, 1.54) is 0 Å². The van der Waals surface area contributed by atoms with Gasteiger partial charge in [-0.05, 0) is 19.3 Å². The molecule has 1 amide bonds. The predicted molar refractivity (Wildman–Crippen MR) is 113 cm³/mol. The van der Waals surface area contributed by atoms with Gasteiger partial charge in [0.2, 0.25) is 5.91 Å². The fraction of sp³-hybridized carbons (Fsp3) is 0.706. The number of ether oxygens (including phenoxy) is 1. The maximum Gasteiger partial charge on any atom is 0.241 e. The molecule has 2 N–H and O–H groups in total. The average Bonchev–Trinajstić information content (AvgIpc) is 3.22. The van der Waals surface area contributed by atoms with Gasteiger partial charge in [-0.15, -0.1) is 24.0 Å². The minimum absolute atomic E-state index is 0. The first-order chi connectivity index (χ1) is 12.0. The first-order valence-corrected chi connectivity index (χ1v) is 8.85. The van der Waals surface area contributed by atoms with E-state index < -0.39 is 0 Å². The molecule has 1 aliphatic heterocycles. The van der Waals surface area contributed by atoms with Gasteiger partial charge < -0.3 is 20.3 Å². The summed E-state index contributed by atoms with van der Waals surface area (Å²) in [5.41, 5.74) is 2.15. The standard InChI is InChI=1S/C17H30N6O2.HI/c1-5-15-13(12-23(4)21-15)9-18-17(20-11-16(24)22(2)3)19-10-14-7-6-8-25-14;/h12,14H,5-11H2,1-4H3,(H2,18,19,20);1H. The maximum atomic E-state index is 11.8. The SMILES string of the molecule is CCc1nn(C)cc1CN=C(NCC(=O)N(C)C)NCC1CCCO1.I. The molecule has 0 radical (unpaired) electrons. The van der Waals surface area contributed by atoms with Crippen molar-refractivity contribution in [3.8, 4) is 0 Å². The van der Waals surface area contributed by atoms with Crippen molar-refractivity contribution in [3.63, 3.8) is 0 Å². The van der Waals surface area contributed by atoms with Gasteiger partial charge >= 0.3 is 0 Å². The number of carbonyl (C=O) groups is 1. The lowest BCUT2D eigenvalue weighted by Crippen LogP contribution is -2.45. The van der Waals surface area contributed by atoms with Crippen LogP contribution >= 0.6 is 24.0 Å². The number of aliphatic imine (C=N–C) groups is 1. The molecule has 8 nitrogen and oxygen atoms in total. The molecule has 26 heavy (non-hydrogen) atoms. The normalized spacial score (nSPS) is 16.9. The Hall–Kier alpha value is -1.36. The van der Waals surface area contributed by atoms with Crippen LogP contribution in [0.5, 0.6) is 0 Å². The molecule has 1 aromatic heterocycles. The molecule has 1 atom stereocenters. The number of aromatic nitrogens is 2. The molecule has 0 saturated carbocycles. The van der Waals surface area contributed by atoms with Crippen molar-refractivity contribution in [2.45, 2.75) is 38.8 Å². The highest BCUT2D eigenvalue weighted by Crippen LogP contribution is 2.11. The third-order valence-corrected chi connectivity index (χ3v) is 4.16. The molecular weight excluding hydrogens is 447 g/mol. The van der Waals surface area contributed by atoms with Gasteiger partial charge in [-0.25, -0.2) is 4.99 Å². The smallest absolute Gasteiger partial charge is 0.241 e. The second kappa shape index (κ2) is 11.4. The summed E-state index contributed by atoms with van der Waals surface area (Å²) < 4.78 is 7.45. The van der Waals surface area contributed by atoms with Crippen molar-refractivity contribution in [1.29, 1.82) is 0 Å². The van der Waals surface area contributed by atoms with Crippen molar-refractivity contribution in [3.05, 3.63) is 17.5 Å². The third kappa shape index (κ3) is 7.10. The number of halogens is 1. The van der Waals surface area contributed by atoms with Crippen LogP contribution in [0.25, 0.3) is 0 Å². The van der Waals surface area contributed by atoms with Crippen molar-refractivity contribution >= 4 is 35.8 Å². The van der Waals surface area contributed by atoms with Gasteiger partial charge in [0, 0.05) is 46.1 Å². The molecule has 0 aromatic carbocycles. The fourth-order valence-electron chi connectivity index (χ4n) is 2.69. The van der Waals surface area contributed by atoms with Gasteiger partial charge in [0.25, 0.3) is 0 Å². The summed E-state index contributed by atoms with van der Waals surface area (Å²) in [6.07, 6.45) is 5.23. The largest absolute Gasteiger partial charge is 0.376 e. The minimum Gasteiger partial charge on any atom is -0.376 e. The Morgan fingerprint density at radius 1 is 1.46 bits per heavy atom. The first kappa shape index (κ1) is 22.7. The van der Waals surface area contributed by atoms with E-state index >= 15 is 0 Å². The number of nitrogens with zero attached hydrogens (tertiary/aromatic N) is 4. The second-order valence-corrected chi connectivity index (χ2v) is 6.45. The zero-order chi connectivity index (χ0) is 18.2. The first-order valence-electron chi connectivity index (χ1n) is 8.85. The lowest BCUT2D eigenvalue weighted by molar-refractivity contribution is -0.127. The molecule has 148 valence electrons. The van der Waals surface area contributed by atoms with E-state index in [1.807, 2.05) is 17.9 Å². The Kier molecular flexibility index (Phi) is 9.92. The number of aryl methyl sites for hydroxylation is 2. The molecule has 2 heterocycles. The summed E-state index contributed by atoms with van der Waals surface area (Å²) >= 11 is 0. The lowest BCUT2D eigenvalue weighted by atomic mass is 10.2. The van der Waals surface area contributed by atoms with E-state index in [2.05, 4.69) is 27.6 Å². The third-order valence-electron chi connectivity index (χ3n) is 4.16. The topological polar surface area (TPSA) is 83.8 Å². The average molecular weight is 478 g/mol. The molecule has 1 saturated heterocycles. The van der Waals surface area contributed by atoms with Crippen LogP contribution < -0.4 is 10.6 Å². The molecule has 9 heteroatoms. The number of nitrogens with one attached hydrogen (secondary N) is 2. The number of carbonyl (C=O) groups excluding carboxylic acids is 1. The highest BCUT2D eigenvalue weighted by molar-refractivity contribution is 14.0. The summed E-state index contributed by atoms with van der Waals surface area (Å²) in [6, 6.07) is 0. The molecular formula is C17H31IN6O2. The van der Waals surface area contributed by atoms with Crippen molar-refractivity contribution in [1.82, 2.24) is 25.3 Å². The molecule has 1 aromatic rings. The van der Waals surface area contributed by atoms with Gasteiger partial charge in [-0.1, -0.05) is 6.92 Å². The van der Waals surface area contributed by atoms with Gasteiger partial charge in [0.1, 0.15) is 0 Å². The number of likely N-dealkylation sites (N-methyl/N-ethyl adjacent to an activating group) is 1. The van der Waals surface area contributed by atoms with Crippen molar-refractivity contribution < 1.29 is 9.53 Å². The van der Waals surface area contributed by atoms with E-state index in [-0.39, 0.29) is 42.5 Å². The predicted octanol–water partition coefficient (Wildman–Crippen LogP) is 0.903. The highest BCUT2D eigenvalue weighted by atomic mass is 127. The Labute approximate surface area is 172 Å². The summed E-state index contributed by atoms with van der Waals surface area (Å²) in [5, 5.41) is 10.8. The van der Waals surface area contributed by atoms with Crippen LogP contribution in [0.3, 0.4) is 0 Å². The number of guanidine groups is 1. The zero-order valence-electron chi connectivity index (χ0n) is 16.1. The van der Waals surface area contributed by atoms with Crippen LogP contribution in [0.15, 0.2) is 11.2 Å². The van der Waals surface area contributed by atoms with E-state index in [0.717, 1.165) is 37.1 Å². The van der Waals surface area contributed by atoms with E-state index in [9.17, 15) is 4.79 Å². The number of amides is 1. The zero-order valence-corrected chi connectivity index (χ0v) is 18.4. The van der Waals surface area contributed by atoms with E-state index in [1.54, 1.807) is 19.0 Å². The Bertz CT molecular complexity index is 596. The monoisotopic (exact) mass is 478 g/mol. The molecule has 0 aliphatic carbocycles. The van der Waals surface area contributed by atoms with Crippen LogP contribution in [-0.4, -0.2) is 66.4 Å². The highest BCUT2D eigenvalue weighted by Gasteiger charge is 2.16. The Morgan fingerprint density at radius 2 is 2.23 bits per heavy atom. The van der Waals surface area contributed by atoms with Crippen LogP contribution in [0.1, 0.15) is 31.0 Å². The van der Waals surface area contributed by atoms with Gasteiger partial charge in [0.15, 0.2) is 5.96 Å². The minimum atomic E-state index is 0. The summed E-state index contributed by atoms with van der Waals surface area (Å²) in [6.45, 7) is 4.32. The molecule has 1 aliphatic rings. The summed E-state index contributed by atoms with van der Waals surface area (Å²) in [4.78, 5) is 18.0. The number of hydrogen-bond donors (Lipinski definition) is 2. The van der Waals surface area contributed by atoms with E-state index in [4.69, 9.17) is 4.74 Å². The Morgan fingerprint density at radius 3 is 2.85 bits per heavy atom. The van der Waals surface area contributed by atoms with Crippen LogP contribution in [-0.2, 0) is 29.5 Å². The van der Waals surface area contributed by atoms with Gasteiger partial charge in [0.05, 0.1) is 24.9 Å². The second-order valence-electron chi connectivity index (χ2n) is 6.45. The fourth-order valence-corrected chi connectivity index (χ4v) is 2.69. The lowest BCUT2D eigenvalue weighted by Gasteiger charge is -2.17. The molecule has 1 fully saturated rings. The molecule has 0 spiro atoms. The quantitative estimate of drug-likeness (QED) is 0.346. The molecule has 1 unspecified atom stereocenters. The number of rotatable bonds is 7. The molecule has 0 bridgehead atoms. The Balaban J connectivity index is 0.00000338. The summed E-state index contributed by atoms with van der Waals surface area (Å²) in [5.74, 6) is 0.624. The van der Waals surface area contributed by atoms with Gasteiger partial charge in [-0.2, -0.15) is 5.10 Å². The van der Waals surface area contributed by atoms with Crippen molar-refractivity contribution in [2.24, 2.45) is 12.0 Å². The van der Waals surface area contributed by atoms with Crippen molar-refractivity contribution in [2.75, 3.05) is 33.8 Å². The molecule has 2 rings (SSSR count). The van der Waals surface area contributed by atoms with Gasteiger partial charge in [-0.3, -0.25) is 9.48 Å². The van der Waals surface area contributed by atoms with Crippen LogP contribution in [0.4, 0.5) is 0 Å². The van der Waals surface area contributed by atoms with E-state index in [0.29, 0.717) is 19.0 Å². The summed E-state index contributed by atoms with van der Waals surface area (Å²) in [7, 11) is 5.39. The maximum absolute atomic E-state index is 11.8. The van der Waals surface area contributed by atoms with Crippen LogP contribution in [0, 0.1) is 0 Å². The number of hydrogen-bond acceptors (Lipinski definition) is 4.